The van der Waals surface area contributed by atoms with Gasteiger partial charge in [-0.3, -0.25) is 0 Å². The first kappa shape index (κ1) is 14.0. The molecule has 0 radical (unpaired) electrons. The average Bonchev–Trinajstić information content (AvgIpc) is 2.34. The molecule has 17 heavy (non-hydrogen) atoms. The highest BCUT2D eigenvalue weighted by atomic mass is 16.5. The van der Waals surface area contributed by atoms with Gasteiger partial charge in [-0.05, 0) is 24.1 Å². The summed E-state index contributed by atoms with van der Waals surface area (Å²) in [7, 11) is 1.68. The quantitative estimate of drug-likeness (QED) is 0.703. The van der Waals surface area contributed by atoms with Gasteiger partial charge in [0.15, 0.2) is 0 Å². The van der Waals surface area contributed by atoms with Crippen molar-refractivity contribution in [3.8, 4) is 5.75 Å². The van der Waals surface area contributed by atoms with E-state index in [1.54, 1.807) is 7.11 Å². The summed E-state index contributed by atoms with van der Waals surface area (Å²) in [6, 6.07) is 8.65. The van der Waals surface area contributed by atoms with E-state index in [1.165, 1.54) is 5.56 Å². The van der Waals surface area contributed by atoms with Gasteiger partial charge < -0.3 is 14.8 Å². The van der Waals surface area contributed by atoms with E-state index in [2.05, 4.69) is 31.3 Å². The zero-order valence-corrected chi connectivity index (χ0v) is 11.0. The Morgan fingerprint density at radius 1 is 1.12 bits per heavy atom. The second-order valence-corrected chi connectivity index (χ2v) is 4.32. The molecule has 1 rings (SSSR count). The molecular weight excluding hydrogens is 214 g/mol. The van der Waals surface area contributed by atoms with Crippen LogP contribution in [0, 0.1) is 0 Å². The lowest BCUT2D eigenvalue weighted by molar-refractivity contribution is 0.137. The zero-order chi connectivity index (χ0) is 12.5. The maximum Gasteiger partial charge on any atom is 0.118 e. The van der Waals surface area contributed by atoms with Gasteiger partial charge >= 0.3 is 0 Å². The second-order valence-electron chi connectivity index (χ2n) is 4.32. The fourth-order valence-electron chi connectivity index (χ4n) is 1.50. The van der Waals surface area contributed by atoms with E-state index < -0.39 is 0 Å². The number of methoxy groups -OCH3 is 1. The molecule has 96 valence electrons. The minimum Gasteiger partial charge on any atom is -0.497 e. The van der Waals surface area contributed by atoms with E-state index in [0.717, 1.165) is 31.9 Å². The van der Waals surface area contributed by atoms with Crippen LogP contribution in [0.5, 0.6) is 5.75 Å². The van der Waals surface area contributed by atoms with Crippen LogP contribution in [-0.2, 0) is 11.2 Å². The highest BCUT2D eigenvalue weighted by Gasteiger charge is 1.96. The molecule has 0 bridgehead atoms. The maximum atomic E-state index is 5.55. The Labute approximate surface area is 104 Å². The minimum absolute atomic E-state index is 0.528. The smallest absolute Gasteiger partial charge is 0.118 e. The zero-order valence-electron chi connectivity index (χ0n) is 11.0. The summed E-state index contributed by atoms with van der Waals surface area (Å²) in [6.07, 6.45) is 0.950. The standard InChI is InChI=1S/C14H23NO2/c1-12(2)15-9-11-17-10-8-13-4-6-14(16-3)7-5-13/h4-7,12,15H,8-11H2,1-3H3. The van der Waals surface area contributed by atoms with Gasteiger partial charge in [-0.1, -0.05) is 26.0 Å². The molecule has 3 heteroatoms. The van der Waals surface area contributed by atoms with Crippen molar-refractivity contribution >= 4 is 0 Å². The first-order valence-corrected chi connectivity index (χ1v) is 6.16. The van der Waals surface area contributed by atoms with Crippen molar-refractivity contribution in [1.82, 2.24) is 5.32 Å². The predicted octanol–water partition coefficient (Wildman–Crippen LogP) is 2.25. The van der Waals surface area contributed by atoms with Crippen molar-refractivity contribution in [2.45, 2.75) is 26.3 Å². The lowest BCUT2D eigenvalue weighted by atomic mass is 10.1. The number of rotatable bonds is 8. The molecule has 0 aromatic heterocycles. The van der Waals surface area contributed by atoms with Crippen LogP contribution < -0.4 is 10.1 Å². The van der Waals surface area contributed by atoms with Crippen LogP contribution in [-0.4, -0.2) is 32.9 Å². The molecule has 0 atom stereocenters. The van der Waals surface area contributed by atoms with Crippen LogP contribution >= 0.6 is 0 Å². The van der Waals surface area contributed by atoms with E-state index in [9.17, 15) is 0 Å². The summed E-state index contributed by atoms with van der Waals surface area (Å²) in [5.74, 6) is 0.899. The summed E-state index contributed by atoms with van der Waals surface area (Å²) in [5.41, 5.74) is 1.28. The summed E-state index contributed by atoms with van der Waals surface area (Å²) >= 11 is 0. The van der Waals surface area contributed by atoms with Crippen molar-refractivity contribution in [2.24, 2.45) is 0 Å². The molecule has 0 saturated carbocycles. The molecule has 1 aromatic rings. The Hall–Kier alpha value is -1.06. The van der Waals surface area contributed by atoms with E-state index in [-0.39, 0.29) is 0 Å². The minimum atomic E-state index is 0.528. The van der Waals surface area contributed by atoms with Crippen LogP contribution in [0.4, 0.5) is 0 Å². The normalized spacial score (nSPS) is 10.8. The predicted molar refractivity (Wildman–Crippen MR) is 70.7 cm³/mol. The van der Waals surface area contributed by atoms with Crippen LogP contribution in [0.2, 0.25) is 0 Å². The first-order chi connectivity index (χ1) is 8.22. The number of hydrogen-bond acceptors (Lipinski definition) is 3. The molecule has 1 N–H and O–H groups in total. The van der Waals surface area contributed by atoms with Gasteiger partial charge in [0.05, 0.1) is 20.3 Å². The largest absolute Gasteiger partial charge is 0.497 e. The van der Waals surface area contributed by atoms with Gasteiger partial charge in [-0.25, -0.2) is 0 Å². The second kappa shape index (κ2) is 8.09. The molecule has 3 nitrogen and oxygen atoms in total. The molecule has 0 aliphatic heterocycles. The number of hydrogen-bond donors (Lipinski definition) is 1. The SMILES string of the molecule is COc1ccc(CCOCCNC(C)C)cc1. The van der Waals surface area contributed by atoms with Crippen LogP contribution in [0.1, 0.15) is 19.4 Å². The van der Waals surface area contributed by atoms with Crippen molar-refractivity contribution in [3.05, 3.63) is 29.8 Å². The molecule has 0 unspecified atom stereocenters. The monoisotopic (exact) mass is 237 g/mol. The third-order valence-corrected chi connectivity index (χ3v) is 2.49. The van der Waals surface area contributed by atoms with Gasteiger partial charge in [0.25, 0.3) is 0 Å². The molecule has 0 aliphatic carbocycles. The molecule has 0 amide bonds. The third-order valence-electron chi connectivity index (χ3n) is 2.49. The Morgan fingerprint density at radius 2 is 1.82 bits per heavy atom. The number of nitrogens with one attached hydrogen (secondary N) is 1. The Balaban J connectivity index is 2.09. The van der Waals surface area contributed by atoms with Crippen LogP contribution in [0.15, 0.2) is 24.3 Å². The Kier molecular flexibility index (Phi) is 6.67. The molecular formula is C14H23NO2. The van der Waals surface area contributed by atoms with E-state index >= 15 is 0 Å². The molecule has 0 heterocycles. The fraction of sp³-hybridized carbons (Fsp3) is 0.571. The summed E-state index contributed by atoms with van der Waals surface area (Å²) in [6.45, 7) is 6.73. The fourth-order valence-corrected chi connectivity index (χ4v) is 1.50. The van der Waals surface area contributed by atoms with E-state index in [1.807, 2.05) is 12.1 Å². The van der Waals surface area contributed by atoms with Gasteiger partial charge in [-0.2, -0.15) is 0 Å². The van der Waals surface area contributed by atoms with Gasteiger partial charge in [0.1, 0.15) is 5.75 Å². The maximum absolute atomic E-state index is 5.55. The van der Waals surface area contributed by atoms with E-state index in [4.69, 9.17) is 9.47 Å². The lowest BCUT2D eigenvalue weighted by Gasteiger charge is -2.08. The van der Waals surface area contributed by atoms with Crippen LogP contribution in [0.3, 0.4) is 0 Å². The summed E-state index contributed by atoms with van der Waals surface area (Å²) in [4.78, 5) is 0. The molecule has 0 aliphatic rings. The summed E-state index contributed by atoms with van der Waals surface area (Å²) < 4.78 is 10.7. The molecule has 0 fully saturated rings. The highest BCUT2D eigenvalue weighted by molar-refractivity contribution is 5.27. The number of ether oxygens (including phenoxy) is 2. The topological polar surface area (TPSA) is 30.5 Å². The van der Waals surface area contributed by atoms with Gasteiger partial charge in [-0.15, -0.1) is 0 Å². The lowest BCUT2D eigenvalue weighted by Crippen LogP contribution is -2.26. The Bertz CT molecular complexity index is 296. The van der Waals surface area contributed by atoms with Crippen molar-refractivity contribution in [2.75, 3.05) is 26.9 Å². The summed E-state index contributed by atoms with van der Waals surface area (Å²) in [5, 5.41) is 3.32. The molecule has 0 spiro atoms. The van der Waals surface area contributed by atoms with Crippen molar-refractivity contribution in [3.63, 3.8) is 0 Å². The van der Waals surface area contributed by atoms with Gasteiger partial charge in [0.2, 0.25) is 0 Å². The van der Waals surface area contributed by atoms with E-state index in [0.29, 0.717) is 6.04 Å². The third kappa shape index (κ3) is 6.29. The highest BCUT2D eigenvalue weighted by Crippen LogP contribution is 2.11. The number of benzene rings is 1. The van der Waals surface area contributed by atoms with Crippen molar-refractivity contribution in [1.29, 1.82) is 0 Å². The molecule has 0 saturated heterocycles. The first-order valence-electron chi connectivity index (χ1n) is 6.16. The van der Waals surface area contributed by atoms with Gasteiger partial charge in [0, 0.05) is 12.6 Å². The average molecular weight is 237 g/mol. The Morgan fingerprint density at radius 3 is 2.41 bits per heavy atom. The van der Waals surface area contributed by atoms with Crippen molar-refractivity contribution < 1.29 is 9.47 Å². The molecule has 1 aromatic carbocycles. The van der Waals surface area contributed by atoms with Crippen LogP contribution in [0.25, 0.3) is 0 Å².